The van der Waals surface area contributed by atoms with Crippen molar-refractivity contribution in [1.82, 2.24) is 5.32 Å². The molecule has 0 radical (unpaired) electrons. The van der Waals surface area contributed by atoms with Crippen molar-refractivity contribution in [2.45, 2.75) is 45.3 Å². The number of carbonyl (C=O) groups excluding carboxylic acids is 2. The summed E-state index contributed by atoms with van der Waals surface area (Å²) in [5, 5.41) is 2.92. The van der Waals surface area contributed by atoms with Crippen LogP contribution in [0.25, 0.3) is 0 Å². The largest absolute Gasteiger partial charge is 0.443 e. The number of hydrogen-bond donors (Lipinski definition) is 1. The minimum atomic E-state index is -0.910. The maximum atomic E-state index is 12.5. The van der Waals surface area contributed by atoms with Crippen LogP contribution in [0.2, 0.25) is 0 Å². The van der Waals surface area contributed by atoms with E-state index >= 15 is 0 Å². The molecule has 3 rings (SSSR count). The summed E-state index contributed by atoms with van der Waals surface area (Å²) in [6, 6.07) is 11.2. The highest BCUT2D eigenvalue weighted by atomic mass is 32.1. The molecule has 2 aromatic rings. The number of ether oxygens (including phenoxy) is 1. The van der Waals surface area contributed by atoms with Gasteiger partial charge in [-0.15, -0.1) is 11.3 Å². The number of benzene rings is 1. The van der Waals surface area contributed by atoms with E-state index in [1.54, 1.807) is 0 Å². The van der Waals surface area contributed by atoms with Crippen LogP contribution in [0.1, 0.15) is 51.5 Å². The van der Waals surface area contributed by atoms with Gasteiger partial charge in [-0.3, -0.25) is 4.79 Å². The molecule has 0 unspecified atom stereocenters. The van der Waals surface area contributed by atoms with Crippen molar-refractivity contribution < 1.29 is 14.3 Å². The first-order valence-electron chi connectivity index (χ1n) is 8.24. The number of nitrogens with one attached hydrogen (secondary N) is 1. The Labute approximate surface area is 145 Å². The lowest BCUT2D eigenvalue weighted by molar-refractivity contribution is -0.130. The molecule has 1 aliphatic carbocycles. The molecule has 24 heavy (non-hydrogen) atoms. The molecule has 1 heterocycles. The Kier molecular flexibility index (Phi) is 5.00. The monoisotopic (exact) mass is 343 g/mol. The van der Waals surface area contributed by atoms with Gasteiger partial charge in [0.1, 0.15) is 4.88 Å². The maximum absolute atomic E-state index is 12.5. The normalized spacial score (nSPS) is 14.9. The quantitative estimate of drug-likeness (QED) is 0.812. The summed E-state index contributed by atoms with van der Waals surface area (Å²) >= 11 is 1.42. The lowest BCUT2D eigenvalue weighted by atomic mass is 10.1. The fourth-order valence-electron chi connectivity index (χ4n) is 2.54. The van der Waals surface area contributed by atoms with Gasteiger partial charge in [0.2, 0.25) is 6.10 Å². The van der Waals surface area contributed by atoms with Crippen molar-refractivity contribution in [3.63, 3.8) is 0 Å². The van der Waals surface area contributed by atoms with Crippen molar-refractivity contribution in [3.8, 4) is 0 Å². The van der Waals surface area contributed by atoms with E-state index < -0.39 is 12.1 Å². The van der Waals surface area contributed by atoms with Gasteiger partial charge in [0.25, 0.3) is 5.91 Å². The first kappa shape index (κ1) is 16.7. The molecule has 5 heteroatoms. The summed E-state index contributed by atoms with van der Waals surface area (Å²) < 4.78 is 5.59. The molecule has 0 saturated heterocycles. The molecule has 1 amide bonds. The Morgan fingerprint density at radius 1 is 1.29 bits per heavy atom. The van der Waals surface area contributed by atoms with Gasteiger partial charge in [-0.05, 0) is 37.8 Å². The van der Waals surface area contributed by atoms with Crippen molar-refractivity contribution in [3.05, 3.63) is 57.3 Å². The second-order valence-electron chi connectivity index (χ2n) is 6.02. The molecule has 4 nitrogen and oxygen atoms in total. The first-order chi connectivity index (χ1) is 11.6. The van der Waals surface area contributed by atoms with E-state index in [2.05, 4.69) is 12.2 Å². The van der Waals surface area contributed by atoms with Gasteiger partial charge in [-0.25, -0.2) is 4.79 Å². The molecule has 1 aromatic heterocycles. The van der Waals surface area contributed by atoms with Crippen LogP contribution >= 0.6 is 11.3 Å². The summed E-state index contributed by atoms with van der Waals surface area (Å²) in [5.74, 6) is -0.691. The maximum Gasteiger partial charge on any atom is 0.349 e. The average molecular weight is 343 g/mol. The van der Waals surface area contributed by atoms with E-state index in [1.165, 1.54) is 11.3 Å². The van der Waals surface area contributed by atoms with Crippen LogP contribution < -0.4 is 5.32 Å². The molecule has 0 bridgehead atoms. The lowest BCUT2D eigenvalue weighted by Crippen LogP contribution is -2.33. The van der Waals surface area contributed by atoms with Crippen LogP contribution in [0.15, 0.2) is 36.4 Å². The molecular formula is C19H21NO3S. The Balaban J connectivity index is 1.79. The third kappa shape index (κ3) is 3.85. The molecule has 126 valence electrons. The molecule has 1 aromatic carbocycles. The molecule has 0 aliphatic heterocycles. The van der Waals surface area contributed by atoms with Crippen LogP contribution in [0.5, 0.6) is 0 Å². The highest BCUT2D eigenvalue weighted by Crippen LogP contribution is 2.27. The van der Waals surface area contributed by atoms with E-state index in [9.17, 15) is 9.59 Å². The Morgan fingerprint density at radius 2 is 2.00 bits per heavy atom. The zero-order valence-corrected chi connectivity index (χ0v) is 14.7. The van der Waals surface area contributed by atoms with E-state index in [-0.39, 0.29) is 11.9 Å². The molecule has 1 N–H and O–H groups in total. The third-order valence-corrected chi connectivity index (χ3v) is 5.16. The minimum absolute atomic E-state index is 0.220. The number of esters is 1. The van der Waals surface area contributed by atoms with Crippen LogP contribution in [-0.4, -0.2) is 17.9 Å². The van der Waals surface area contributed by atoms with E-state index in [1.807, 2.05) is 43.3 Å². The molecule has 1 fully saturated rings. The number of aryl methyl sites for hydroxylation is 2. The summed E-state index contributed by atoms with van der Waals surface area (Å²) in [5.41, 5.74) is 1.83. The van der Waals surface area contributed by atoms with Crippen LogP contribution in [0.3, 0.4) is 0 Å². The van der Waals surface area contributed by atoms with E-state index in [4.69, 9.17) is 4.74 Å². The second kappa shape index (κ2) is 7.18. The van der Waals surface area contributed by atoms with E-state index in [0.29, 0.717) is 10.4 Å². The predicted octanol–water partition coefficient (Wildman–Crippen LogP) is 3.80. The van der Waals surface area contributed by atoms with E-state index in [0.717, 1.165) is 29.7 Å². The third-order valence-electron chi connectivity index (χ3n) is 4.09. The topological polar surface area (TPSA) is 55.4 Å². The van der Waals surface area contributed by atoms with Crippen molar-refractivity contribution in [2.24, 2.45) is 0 Å². The average Bonchev–Trinajstić information content (AvgIpc) is 3.32. The predicted molar refractivity (Wildman–Crippen MR) is 94.2 cm³/mol. The van der Waals surface area contributed by atoms with Gasteiger partial charge in [-0.1, -0.05) is 37.3 Å². The van der Waals surface area contributed by atoms with Gasteiger partial charge in [0.05, 0.1) is 0 Å². The van der Waals surface area contributed by atoms with Gasteiger partial charge in [-0.2, -0.15) is 0 Å². The van der Waals surface area contributed by atoms with Crippen molar-refractivity contribution in [2.75, 3.05) is 0 Å². The SMILES string of the molecule is CCc1cc(C(=O)O[C@@H](C(=O)NC2CC2)c2ccccc2)sc1C. The number of amides is 1. The smallest absolute Gasteiger partial charge is 0.349 e. The summed E-state index contributed by atoms with van der Waals surface area (Å²) in [6.45, 7) is 4.05. The number of hydrogen-bond acceptors (Lipinski definition) is 4. The van der Waals surface area contributed by atoms with Crippen LogP contribution in [0.4, 0.5) is 0 Å². The van der Waals surface area contributed by atoms with Crippen LogP contribution in [-0.2, 0) is 16.0 Å². The Bertz CT molecular complexity index is 734. The Hall–Kier alpha value is -2.14. The molecule has 1 aliphatic rings. The van der Waals surface area contributed by atoms with Gasteiger partial charge < -0.3 is 10.1 Å². The summed E-state index contributed by atoms with van der Waals surface area (Å²) in [4.78, 5) is 26.7. The molecular weight excluding hydrogens is 322 g/mol. The van der Waals surface area contributed by atoms with Crippen LogP contribution in [0, 0.1) is 6.92 Å². The fraction of sp³-hybridized carbons (Fsp3) is 0.368. The fourth-order valence-corrected chi connectivity index (χ4v) is 3.54. The Morgan fingerprint density at radius 3 is 2.58 bits per heavy atom. The standard InChI is InChI=1S/C19H21NO3S/c1-3-13-11-16(24-12(13)2)19(22)23-17(14-7-5-4-6-8-14)18(21)20-15-9-10-15/h4-8,11,15,17H,3,9-10H2,1-2H3,(H,20,21)/t17-/m1/s1. The zero-order chi connectivity index (χ0) is 17.1. The molecule has 0 spiro atoms. The lowest BCUT2D eigenvalue weighted by Gasteiger charge is -2.17. The minimum Gasteiger partial charge on any atom is -0.443 e. The van der Waals surface area contributed by atoms with Gasteiger partial charge in [0, 0.05) is 16.5 Å². The number of rotatable bonds is 6. The summed E-state index contributed by atoms with van der Waals surface area (Å²) in [6.07, 6.45) is 1.95. The van der Waals surface area contributed by atoms with Crippen molar-refractivity contribution >= 4 is 23.2 Å². The molecule has 1 atom stereocenters. The number of carbonyl (C=O) groups is 2. The first-order valence-corrected chi connectivity index (χ1v) is 9.05. The van der Waals surface area contributed by atoms with Crippen molar-refractivity contribution in [1.29, 1.82) is 0 Å². The van der Waals surface area contributed by atoms with Gasteiger partial charge in [0.15, 0.2) is 0 Å². The number of thiophene rings is 1. The summed E-state index contributed by atoms with van der Waals surface area (Å²) in [7, 11) is 0. The highest BCUT2D eigenvalue weighted by molar-refractivity contribution is 7.14. The zero-order valence-electron chi connectivity index (χ0n) is 13.9. The van der Waals surface area contributed by atoms with Gasteiger partial charge >= 0.3 is 5.97 Å². The second-order valence-corrected chi connectivity index (χ2v) is 7.28. The highest BCUT2D eigenvalue weighted by Gasteiger charge is 2.31. The molecule has 1 saturated carbocycles.